The van der Waals surface area contributed by atoms with Gasteiger partial charge in [-0.15, -0.1) is 0 Å². The molecule has 1 saturated heterocycles. The first-order valence-corrected chi connectivity index (χ1v) is 8.78. The van der Waals surface area contributed by atoms with Gasteiger partial charge in [0.2, 0.25) is 10.0 Å². The second-order valence-corrected chi connectivity index (χ2v) is 7.22. The van der Waals surface area contributed by atoms with Crippen molar-refractivity contribution in [2.24, 2.45) is 0 Å². The topological polar surface area (TPSA) is 81.4 Å². The zero-order valence-electron chi connectivity index (χ0n) is 11.9. The maximum atomic E-state index is 12.6. The molecule has 0 amide bonds. The smallest absolute Gasteiger partial charge is 0.218 e. The number of hydrogen-bond acceptors (Lipinski definition) is 4. The molecule has 1 heterocycles. The molecule has 1 unspecified atom stereocenters. The van der Waals surface area contributed by atoms with Crippen LogP contribution in [0.25, 0.3) is 0 Å². The van der Waals surface area contributed by atoms with Crippen LogP contribution in [0.15, 0.2) is 24.3 Å². The SMILES string of the molecule is N#Cc1ccccc1CS(=O)(=O)N1CCCC1CCCO. The van der Waals surface area contributed by atoms with Crippen LogP contribution in [0.1, 0.15) is 36.8 Å². The standard InChI is InChI=1S/C15H20N2O3S/c16-11-13-5-1-2-6-14(13)12-21(19,20)17-9-3-7-15(17)8-4-10-18/h1-2,5-6,15,18H,3-4,7-10,12H2. The van der Waals surface area contributed by atoms with E-state index in [-0.39, 0.29) is 18.4 Å². The van der Waals surface area contributed by atoms with Crippen molar-refractivity contribution in [1.82, 2.24) is 4.31 Å². The van der Waals surface area contributed by atoms with Gasteiger partial charge in [0.25, 0.3) is 0 Å². The minimum Gasteiger partial charge on any atom is -0.396 e. The number of nitriles is 1. The van der Waals surface area contributed by atoms with Crippen LogP contribution in [0.4, 0.5) is 0 Å². The van der Waals surface area contributed by atoms with Gasteiger partial charge in [-0.05, 0) is 37.3 Å². The third-order valence-corrected chi connectivity index (χ3v) is 5.72. The Hall–Kier alpha value is -1.42. The fourth-order valence-corrected chi connectivity index (χ4v) is 4.71. The molecular weight excluding hydrogens is 288 g/mol. The van der Waals surface area contributed by atoms with Crippen molar-refractivity contribution in [3.05, 3.63) is 35.4 Å². The van der Waals surface area contributed by atoms with Crippen LogP contribution in [-0.2, 0) is 15.8 Å². The Bertz CT molecular complexity index is 622. The molecule has 1 aromatic rings. The van der Waals surface area contributed by atoms with Crippen molar-refractivity contribution in [3.8, 4) is 6.07 Å². The van der Waals surface area contributed by atoms with Gasteiger partial charge in [0.1, 0.15) is 0 Å². The summed E-state index contributed by atoms with van der Waals surface area (Å²) in [5.74, 6) is -0.133. The molecule has 1 N–H and O–H groups in total. The highest BCUT2D eigenvalue weighted by Crippen LogP contribution is 2.27. The minimum absolute atomic E-state index is 0.0172. The lowest BCUT2D eigenvalue weighted by Gasteiger charge is -2.24. The van der Waals surface area contributed by atoms with E-state index >= 15 is 0 Å². The molecular formula is C15H20N2O3S. The molecule has 0 bridgehead atoms. The lowest BCUT2D eigenvalue weighted by Crippen LogP contribution is -2.36. The number of aliphatic hydroxyl groups excluding tert-OH is 1. The fourth-order valence-electron chi connectivity index (χ4n) is 2.83. The first-order valence-electron chi connectivity index (χ1n) is 7.17. The van der Waals surface area contributed by atoms with E-state index in [0.717, 1.165) is 12.8 Å². The van der Waals surface area contributed by atoms with Gasteiger partial charge < -0.3 is 5.11 Å². The van der Waals surface area contributed by atoms with E-state index in [1.807, 2.05) is 6.07 Å². The Labute approximate surface area is 125 Å². The van der Waals surface area contributed by atoms with Crippen molar-refractivity contribution in [2.75, 3.05) is 13.2 Å². The molecule has 0 radical (unpaired) electrons. The van der Waals surface area contributed by atoms with Crippen LogP contribution >= 0.6 is 0 Å². The average molecular weight is 308 g/mol. The summed E-state index contributed by atoms with van der Waals surface area (Å²) in [7, 11) is -3.42. The Morgan fingerprint density at radius 2 is 2.14 bits per heavy atom. The molecule has 0 spiro atoms. The van der Waals surface area contributed by atoms with Crippen LogP contribution in [0.2, 0.25) is 0 Å². The van der Waals surface area contributed by atoms with E-state index in [0.29, 0.717) is 30.5 Å². The third-order valence-electron chi connectivity index (χ3n) is 3.85. The summed E-state index contributed by atoms with van der Waals surface area (Å²) in [6.07, 6.45) is 3.01. The fraction of sp³-hybridized carbons (Fsp3) is 0.533. The van der Waals surface area contributed by atoms with E-state index in [1.165, 1.54) is 0 Å². The second kappa shape index (κ2) is 7.03. The van der Waals surface area contributed by atoms with Gasteiger partial charge in [-0.3, -0.25) is 0 Å². The van der Waals surface area contributed by atoms with Gasteiger partial charge in [0, 0.05) is 19.2 Å². The number of nitrogens with zero attached hydrogens (tertiary/aromatic N) is 2. The summed E-state index contributed by atoms with van der Waals surface area (Å²) in [6, 6.07) is 8.83. The third kappa shape index (κ3) is 3.82. The zero-order chi connectivity index (χ0) is 15.3. The monoisotopic (exact) mass is 308 g/mol. The maximum absolute atomic E-state index is 12.6. The molecule has 0 aliphatic carbocycles. The van der Waals surface area contributed by atoms with Crippen LogP contribution < -0.4 is 0 Å². The quantitative estimate of drug-likeness (QED) is 0.866. The normalized spacial score (nSPS) is 19.5. The molecule has 1 aromatic carbocycles. The molecule has 21 heavy (non-hydrogen) atoms. The molecule has 5 nitrogen and oxygen atoms in total. The van der Waals surface area contributed by atoms with Gasteiger partial charge in [0.05, 0.1) is 17.4 Å². The summed E-state index contributed by atoms with van der Waals surface area (Å²) in [5, 5.41) is 18.0. The number of hydrogen-bond donors (Lipinski definition) is 1. The zero-order valence-corrected chi connectivity index (χ0v) is 12.7. The molecule has 2 rings (SSSR count). The summed E-state index contributed by atoms with van der Waals surface area (Å²) in [4.78, 5) is 0. The van der Waals surface area contributed by atoms with E-state index in [9.17, 15) is 8.42 Å². The lowest BCUT2D eigenvalue weighted by atomic mass is 10.1. The second-order valence-electron chi connectivity index (χ2n) is 5.30. The molecule has 0 saturated carbocycles. The van der Waals surface area contributed by atoms with Crippen LogP contribution in [-0.4, -0.2) is 37.0 Å². The lowest BCUT2D eigenvalue weighted by molar-refractivity contribution is 0.264. The van der Waals surface area contributed by atoms with E-state index < -0.39 is 10.0 Å². The highest BCUT2D eigenvalue weighted by Gasteiger charge is 2.33. The van der Waals surface area contributed by atoms with Crippen molar-refractivity contribution in [1.29, 1.82) is 5.26 Å². The van der Waals surface area contributed by atoms with Crippen molar-refractivity contribution in [3.63, 3.8) is 0 Å². The first kappa shape index (κ1) is 16.0. The Morgan fingerprint density at radius 1 is 1.38 bits per heavy atom. The molecule has 6 heteroatoms. The Kier molecular flexibility index (Phi) is 5.34. The van der Waals surface area contributed by atoms with Gasteiger partial charge >= 0.3 is 0 Å². The molecule has 0 aromatic heterocycles. The summed E-state index contributed by atoms with van der Waals surface area (Å²) >= 11 is 0. The number of benzene rings is 1. The summed E-state index contributed by atoms with van der Waals surface area (Å²) in [6.45, 7) is 0.620. The van der Waals surface area contributed by atoms with E-state index in [1.54, 1.807) is 28.6 Å². The largest absolute Gasteiger partial charge is 0.396 e. The van der Waals surface area contributed by atoms with Gasteiger partial charge in [-0.2, -0.15) is 9.57 Å². The van der Waals surface area contributed by atoms with Crippen molar-refractivity contribution >= 4 is 10.0 Å². The average Bonchev–Trinajstić information content (AvgIpc) is 2.94. The highest BCUT2D eigenvalue weighted by molar-refractivity contribution is 7.88. The van der Waals surface area contributed by atoms with Crippen molar-refractivity contribution < 1.29 is 13.5 Å². The molecule has 1 aliphatic heterocycles. The number of aliphatic hydroxyl groups is 1. The van der Waals surface area contributed by atoms with Crippen LogP contribution in [0.3, 0.4) is 0 Å². The number of sulfonamides is 1. The van der Waals surface area contributed by atoms with Crippen molar-refractivity contribution in [2.45, 2.75) is 37.5 Å². The number of rotatable bonds is 6. The Morgan fingerprint density at radius 3 is 2.86 bits per heavy atom. The maximum Gasteiger partial charge on any atom is 0.218 e. The molecule has 1 aliphatic rings. The van der Waals surface area contributed by atoms with Gasteiger partial charge in [0.15, 0.2) is 0 Å². The minimum atomic E-state index is -3.42. The molecule has 114 valence electrons. The highest BCUT2D eigenvalue weighted by atomic mass is 32.2. The molecule has 1 atom stereocenters. The van der Waals surface area contributed by atoms with Crippen LogP contribution in [0.5, 0.6) is 0 Å². The predicted octanol–water partition coefficient (Wildman–Crippen LogP) is 1.62. The van der Waals surface area contributed by atoms with Gasteiger partial charge in [-0.25, -0.2) is 8.42 Å². The van der Waals surface area contributed by atoms with E-state index in [2.05, 4.69) is 0 Å². The van der Waals surface area contributed by atoms with Gasteiger partial charge in [-0.1, -0.05) is 18.2 Å². The predicted molar refractivity (Wildman–Crippen MR) is 79.8 cm³/mol. The Balaban J connectivity index is 2.16. The molecule has 1 fully saturated rings. The first-order chi connectivity index (χ1) is 10.1. The summed E-state index contributed by atoms with van der Waals surface area (Å²) < 4.78 is 26.7. The van der Waals surface area contributed by atoms with E-state index in [4.69, 9.17) is 10.4 Å². The van der Waals surface area contributed by atoms with Crippen LogP contribution in [0, 0.1) is 11.3 Å². The summed E-state index contributed by atoms with van der Waals surface area (Å²) in [5.41, 5.74) is 0.958.